The molecule has 25 heavy (non-hydrogen) atoms. The Kier molecular flexibility index (Phi) is 3.73. The number of anilines is 1. The predicted molar refractivity (Wildman–Crippen MR) is 91.0 cm³/mol. The molecule has 2 aromatic rings. The number of likely N-dealkylation sites (tertiary alicyclic amines) is 1. The van der Waals surface area contributed by atoms with E-state index in [1.54, 1.807) is 39.4 Å². The van der Waals surface area contributed by atoms with E-state index in [2.05, 4.69) is 15.7 Å². The van der Waals surface area contributed by atoms with Gasteiger partial charge >= 0.3 is 0 Å². The third kappa shape index (κ3) is 2.76. The minimum Gasteiger partial charge on any atom is -0.337 e. The Labute approximate surface area is 148 Å². The van der Waals surface area contributed by atoms with Gasteiger partial charge in [-0.05, 0) is 42.2 Å². The summed E-state index contributed by atoms with van der Waals surface area (Å²) in [5.41, 5.74) is 1.54. The van der Waals surface area contributed by atoms with E-state index in [0.29, 0.717) is 37.3 Å². The smallest absolute Gasteiger partial charge is 0.275 e. The average Bonchev–Trinajstić information content (AvgIpc) is 3.36. The quantitative estimate of drug-likeness (QED) is 0.819. The van der Waals surface area contributed by atoms with E-state index in [0.717, 1.165) is 23.6 Å². The number of hydrogen-bond acceptors (Lipinski definition) is 6. The summed E-state index contributed by atoms with van der Waals surface area (Å²) in [6, 6.07) is 9.11. The van der Waals surface area contributed by atoms with Crippen molar-refractivity contribution in [3.63, 3.8) is 0 Å². The van der Waals surface area contributed by atoms with Crippen LogP contribution in [-0.2, 0) is 4.79 Å². The maximum absolute atomic E-state index is 12.5. The third-order valence-electron chi connectivity index (χ3n) is 4.93. The first-order chi connectivity index (χ1) is 12.1. The van der Waals surface area contributed by atoms with Crippen molar-refractivity contribution in [3.8, 4) is 6.07 Å². The highest BCUT2D eigenvalue weighted by atomic mass is 32.1. The molecule has 4 rings (SSSR count). The van der Waals surface area contributed by atoms with Crippen LogP contribution in [-0.4, -0.2) is 45.9 Å². The van der Waals surface area contributed by atoms with E-state index in [4.69, 9.17) is 5.26 Å². The van der Waals surface area contributed by atoms with Crippen LogP contribution in [0.2, 0.25) is 0 Å². The second-order valence-electron chi connectivity index (χ2n) is 6.58. The first-order valence-electron chi connectivity index (χ1n) is 7.97. The van der Waals surface area contributed by atoms with Gasteiger partial charge in [-0.2, -0.15) is 5.26 Å². The molecule has 2 aliphatic rings. The molecular formula is C17H15N5O2S. The summed E-state index contributed by atoms with van der Waals surface area (Å²) in [5, 5.41) is 14.4. The van der Waals surface area contributed by atoms with Crippen LogP contribution in [0, 0.1) is 16.7 Å². The lowest BCUT2D eigenvalue weighted by atomic mass is 9.86. The van der Waals surface area contributed by atoms with Crippen molar-refractivity contribution in [2.45, 2.75) is 12.8 Å². The molecular weight excluding hydrogens is 338 g/mol. The van der Waals surface area contributed by atoms with Crippen LogP contribution in [0.3, 0.4) is 0 Å². The van der Waals surface area contributed by atoms with Gasteiger partial charge in [0.05, 0.1) is 11.6 Å². The van der Waals surface area contributed by atoms with Crippen molar-refractivity contribution in [1.82, 2.24) is 14.5 Å². The predicted octanol–water partition coefficient (Wildman–Crippen LogP) is 1.68. The van der Waals surface area contributed by atoms with E-state index in [1.165, 1.54) is 0 Å². The van der Waals surface area contributed by atoms with E-state index in [1.807, 2.05) is 0 Å². The summed E-state index contributed by atoms with van der Waals surface area (Å²) in [4.78, 5) is 28.5. The molecule has 1 aromatic carbocycles. The summed E-state index contributed by atoms with van der Waals surface area (Å²) in [7, 11) is 0. The molecule has 7 nitrogen and oxygen atoms in total. The Bertz CT molecular complexity index is 858. The average molecular weight is 353 g/mol. The van der Waals surface area contributed by atoms with Crippen LogP contribution in [0.5, 0.6) is 0 Å². The van der Waals surface area contributed by atoms with Crippen LogP contribution in [0.1, 0.15) is 28.9 Å². The molecule has 0 N–H and O–H groups in total. The number of benzene rings is 1. The molecule has 2 saturated heterocycles. The molecule has 0 radical (unpaired) electrons. The molecule has 3 heterocycles. The van der Waals surface area contributed by atoms with Gasteiger partial charge in [0.1, 0.15) is 0 Å². The standard InChI is InChI=1S/C17H15N5O2S/c18-8-12-1-3-13(4-2-12)22-11-17(7-15(22)23)5-6-21(10-17)16(24)14-9-25-20-19-14/h1-4,9H,5-7,10-11H2. The molecule has 0 saturated carbocycles. The van der Waals surface area contributed by atoms with Crippen molar-refractivity contribution < 1.29 is 9.59 Å². The topological polar surface area (TPSA) is 90.2 Å². The second-order valence-corrected chi connectivity index (χ2v) is 7.19. The largest absolute Gasteiger partial charge is 0.337 e. The SMILES string of the molecule is N#Cc1ccc(N2CC3(CCN(C(=O)c4csnn4)C3)CC2=O)cc1. The van der Waals surface area contributed by atoms with Crippen LogP contribution < -0.4 is 4.90 Å². The number of nitrogens with zero attached hydrogens (tertiary/aromatic N) is 5. The molecule has 0 aliphatic carbocycles. The summed E-state index contributed by atoms with van der Waals surface area (Å²) in [6.07, 6.45) is 1.24. The zero-order chi connectivity index (χ0) is 17.4. The fraction of sp³-hybridized carbons (Fsp3) is 0.353. The van der Waals surface area contributed by atoms with Gasteiger partial charge in [-0.15, -0.1) is 5.10 Å². The molecule has 2 amide bonds. The van der Waals surface area contributed by atoms with Crippen LogP contribution in [0.25, 0.3) is 0 Å². The van der Waals surface area contributed by atoms with E-state index >= 15 is 0 Å². The maximum atomic E-state index is 12.5. The highest BCUT2D eigenvalue weighted by molar-refractivity contribution is 7.03. The highest BCUT2D eigenvalue weighted by Gasteiger charge is 2.49. The van der Waals surface area contributed by atoms with Crippen molar-refractivity contribution in [2.75, 3.05) is 24.5 Å². The number of carbonyl (C=O) groups excluding carboxylic acids is 2. The number of carbonyl (C=O) groups is 2. The number of amides is 2. The van der Waals surface area contributed by atoms with Gasteiger partial charge in [0.2, 0.25) is 5.91 Å². The Morgan fingerprint density at radius 1 is 1.28 bits per heavy atom. The van der Waals surface area contributed by atoms with Gasteiger partial charge in [0, 0.05) is 42.5 Å². The van der Waals surface area contributed by atoms with Gasteiger partial charge in [-0.1, -0.05) is 4.49 Å². The van der Waals surface area contributed by atoms with Gasteiger partial charge < -0.3 is 9.80 Å². The number of hydrogen-bond donors (Lipinski definition) is 0. The molecule has 126 valence electrons. The third-order valence-corrected chi connectivity index (χ3v) is 5.44. The van der Waals surface area contributed by atoms with Crippen molar-refractivity contribution >= 4 is 29.0 Å². The van der Waals surface area contributed by atoms with Crippen molar-refractivity contribution in [3.05, 3.63) is 40.9 Å². The zero-order valence-corrected chi connectivity index (χ0v) is 14.2. The van der Waals surface area contributed by atoms with Crippen LogP contribution in [0.4, 0.5) is 5.69 Å². The molecule has 1 spiro atoms. The summed E-state index contributed by atoms with van der Waals surface area (Å²) in [6.45, 7) is 1.78. The molecule has 1 aromatic heterocycles. The fourth-order valence-corrected chi connectivity index (χ4v) is 4.08. The van der Waals surface area contributed by atoms with Gasteiger partial charge in [0.25, 0.3) is 5.91 Å². The van der Waals surface area contributed by atoms with Gasteiger partial charge in [-0.25, -0.2) is 0 Å². The Morgan fingerprint density at radius 2 is 2.08 bits per heavy atom. The highest BCUT2D eigenvalue weighted by Crippen LogP contribution is 2.42. The lowest BCUT2D eigenvalue weighted by Gasteiger charge is -2.24. The number of aromatic nitrogens is 2. The molecule has 1 atom stereocenters. The summed E-state index contributed by atoms with van der Waals surface area (Å²) in [5.74, 6) is -0.0516. The number of nitriles is 1. The van der Waals surface area contributed by atoms with Crippen molar-refractivity contribution in [2.24, 2.45) is 5.41 Å². The fourth-order valence-electron chi connectivity index (χ4n) is 3.65. The minimum absolute atomic E-state index is 0.0642. The summed E-state index contributed by atoms with van der Waals surface area (Å²) < 4.78 is 3.74. The van der Waals surface area contributed by atoms with Crippen molar-refractivity contribution in [1.29, 1.82) is 5.26 Å². The van der Waals surface area contributed by atoms with Crippen LogP contribution in [0.15, 0.2) is 29.6 Å². The molecule has 1 unspecified atom stereocenters. The lowest BCUT2D eigenvalue weighted by molar-refractivity contribution is -0.117. The first-order valence-corrected chi connectivity index (χ1v) is 8.81. The van der Waals surface area contributed by atoms with E-state index in [-0.39, 0.29) is 17.2 Å². The van der Waals surface area contributed by atoms with Gasteiger partial charge in [-0.3, -0.25) is 9.59 Å². The normalized spacial score (nSPS) is 22.6. The molecule has 2 aliphatic heterocycles. The number of rotatable bonds is 2. The minimum atomic E-state index is -0.204. The lowest BCUT2D eigenvalue weighted by Crippen LogP contribution is -2.34. The maximum Gasteiger partial charge on any atom is 0.275 e. The molecule has 8 heteroatoms. The van der Waals surface area contributed by atoms with Gasteiger partial charge in [0.15, 0.2) is 5.69 Å². The Balaban J connectivity index is 1.50. The van der Waals surface area contributed by atoms with E-state index < -0.39 is 0 Å². The van der Waals surface area contributed by atoms with E-state index in [9.17, 15) is 9.59 Å². The zero-order valence-electron chi connectivity index (χ0n) is 13.4. The Morgan fingerprint density at radius 3 is 2.76 bits per heavy atom. The monoisotopic (exact) mass is 353 g/mol. The Hall–Kier alpha value is -2.79. The molecule has 2 fully saturated rings. The summed E-state index contributed by atoms with van der Waals surface area (Å²) >= 11 is 1.16. The molecule has 0 bridgehead atoms. The second kappa shape index (κ2) is 5.93. The first kappa shape index (κ1) is 15.7. The van der Waals surface area contributed by atoms with Crippen LogP contribution >= 0.6 is 11.5 Å².